The van der Waals surface area contributed by atoms with Crippen LogP contribution in [0.5, 0.6) is 0 Å². The molecule has 2 unspecified atom stereocenters. The summed E-state index contributed by atoms with van der Waals surface area (Å²) in [6, 6.07) is 0.782. The standard InChI is InChI=1S/C22H40O3Si2/c1-17(2)24-26-16-18(3)21(23)25-27-22(4,20-13-9-6-10-14-20)15-19-11-7-5-8-12-19/h17-20H,5-16H2,1-4H3. The van der Waals surface area contributed by atoms with Crippen molar-refractivity contribution in [3.63, 3.8) is 0 Å². The molecule has 2 atom stereocenters. The van der Waals surface area contributed by atoms with Gasteiger partial charge in [0.15, 0.2) is 0 Å². The van der Waals surface area contributed by atoms with Crippen molar-refractivity contribution in [2.24, 2.45) is 17.8 Å². The Morgan fingerprint density at radius 2 is 1.59 bits per heavy atom. The number of carbonyl (C=O) groups is 1. The highest BCUT2D eigenvalue weighted by Crippen LogP contribution is 2.50. The minimum Gasteiger partial charge on any atom is -0.516 e. The lowest BCUT2D eigenvalue weighted by molar-refractivity contribution is -0.138. The third-order valence-corrected chi connectivity index (χ3v) is 9.24. The first-order chi connectivity index (χ1) is 12.9. The minimum absolute atomic E-state index is 0.0149. The molecule has 0 aromatic heterocycles. The minimum atomic E-state index is -0.0557. The van der Waals surface area contributed by atoms with Gasteiger partial charge in [-0.1, -0.05) is 78.1 Å². The molecule has 2 aliphatic rings. The molecular formula is C22H40O3Si2. The molecule has 2 fully saturated rings. The van der Waals surface area contributed by atoms with Crippen LogP contribution < -0.4 is 0 Å². The molecule has 0 aliphatic heterocycles. The highest BCUT2D eigenvalue weighted by atomic mass is 28.2. The summed E-state index contributed by atoms with van der Waals surface area (Å²) in [4.78, 5) is 12.6. The number of carbonyl (C=O) groups excluding carboxylic acids is 1. The number of hydrogen-bond acceptors (Lipinski definition) is 3. The Labute approximate surface area is 172 Å². The average molecular weight is 409 g/mol. The zero-order valence-corrected chi connectivity index (χ0v) is 20.0. The summed E-state index contributed by atoms with van der Waals surface area (Å²) in [5.41, 5.74) is 0. The van der Waals surface area contributed by atoms with Crippen molar-refractivity contribution < 1.29 is 13.6 Å². The van der Waals surface area contributed by atoms with Crippen molar-refractivity contribution in [1.82, 2.24) is 0 Å². The van der Waals surface area contributed by atoms with Crippen LogP contribution in [0, 0.1) is 17.8 Å². The van der Waals surface area contributed by atoms with Crippen molar-refractivity contribution in [1.29, 1.82) is 0 Å². The molecule has 0 aromatic rings. The topological polar surface area (TPSA) is 35.5 Å². The zero-order chi connectivity index (χ0) is 19.7. The van der Waals surface area contributed by atoms with Gasteiger partial charge in [0.25, 0.3) is 5.97 Å². The van der Waals surface area contributed by atoms with Gasteiger partial charge >= 0.3 is 9.76 Å². The van der Waals surface area contributed by atoms with E-state index in [2.05, 4.69) is 6.92 Å². The molecule has 0 spiro atoms. The van der Waals surface area contributed by atoms with E-state index in [0.29, 0.717) is 19.5 Å². The molecule has 154 valence electrons. The van der Waals surface area contributed by atoms with Gasteiger partial charge in [0.2, 0.25) is 9.76 Å². The van der Waals surface area contributed by atoms with Crippen molar-refractivity contribution in [2.45, 2.75) is 116 Å². The molecule has 0 N–H and O–H groups in total. The first kappa shape index (κ1) is 23.1. The van der Waals surface area contributed by atoms with E-state index in [4.69, 9.17) is 8.85 Å². The van der Waals surface area contributed by atoms with Gasteiger partial charge in [-0.15, -0.1) is 0 Å². The van der Waals surface area contributed by atoms with Crippen molar-refractivity contribution in [3.05, 3.63) is 0 Å². The van der Waals surface area contributed by atoms with Crippen molar-refractivity contribution >= 4 is 25.5 Å². The van der Waals surface area contributed by atoms with Crippen LogP contribution in [-0.4, -0.2) is 31.6 Å². The van der Waals surface area contributed by atoms with Gasteiger partial charge < -0.3 is 8.85 Å². The smallest absolute Gasteiger partial charge is 0.321 e. The summed E-state index contributed by atoms with van der Waals surface area (Å²) < 4.78 is 11.6. The van der Waals surface area contributed by atoms with Crippen LogP contribution in [0.15, 0.2) is 0 Å². The van der Waals surface area contributed by atoms with Crippen molar-refractivity contribution in [3.8, 4) is 0 Å². The maximum atomic E-state index is 12.6. The lowest BCUT2D eigenvalue weighted by Gasteiger charge is -2.41. The van der Waals surface area contributed by atoms with Gasteiger partial charge in [0.1, 0.15) is 0 Å². The van der Waals surface area contributed by atoms with Crippen LogP contribution in [0.4, 0.5) is 0 Å². The fraction of sp³-hybridized carbons (Fsp3) is 0.955. The molecule has 2 aliphatic carbocycles. The van der Waals surface area contributed by atoms with Gasteiger partial charge in [0.05, 0.1) is 5.92 Å². The van der Waals surface area contributed by atoms with E-state index in [1.165, 1.54) is 70.6 Å². The summed E-state index contributed by atoms with van der Waals surface area (Å²) in [7, 11) is 0.705. The van der Waals surface area contributed by atoms with Crippen LogP contribution in [0.3, 0.4) is 0 Å². The van der Waals surface area contributed by atoms with Crippen LogP contribution in [-0.2, 0) is 13.6 Å². The van der Waals surface area contributed by atoms with Gasteiger partial charge in [-0.3, -0.25) is 4.79 Å². The van der Waals surface area contributed by atoms with E-state index in [1.807, 2.05) is 20.8 Å². The van der Waals surface area contributed by atoms with E-state index in [1.54, 1.807) is 0 Å². The Kier molecular flexibility index (Phi) is 10.1. The first-order valence-corrected chi connectivity index (χ1v) is 13.3. The summed E-state index contributed by atoms with van der Waals surface area (Å²) in [6.45, 7) is 8.50. The van der Waals surface area contributed by atoms with E-state index < -0.39 is 0 Å². The Bertz CT molecular complexity index is 431. The molecule has 0 amide bonds. The first-order valence-electron chi connectivity index (χ1n) is 11.3. The van der Waals surface area contributed by atoms with Gasteiger partial charge in [-0.2, -0.15) is 0 Å². The normalized spacial score (nSPS) is 23.1. The van der Waals surface area contributed by atoms with E-state index >= 15 is 0 Å². The van der Waals surface area contributed by atoms with Crippen molar-refractivity contribution in [2.75, 3.05) is 0 Å². The summed E-state index contributed by atoms with van der Waals surface area (Å²) >= 11 is 0. The zero-order valence-electron chi connectivity index (χ0n) is 18.0. The molecule has 2 rings (SSSR count). The number of hydrogen-bond donors (Lipinski definition) is 0. The largest absolute Gasteiger partial charge is 0.516 e. The Balaban J connectivity index is 1.89. The third kappa shape index (κ3) is 8.02. The molecule has 4 radical (unpaired) electrons. The highest BCUT2D eigenvalue weighted by Gasteiger charge is 2.40. The molecule has 0 saturated heterocycles. The predicted molar refractivity (Wildman–Crippen MR) is 114 cm³/mol. The molecule has 5 heteroatoms. The number of rotatable bonds is 10. The second-order valence-electron chi connectivity index (χ2n) is 9.40. The Morgan fingerprint density at radius 3 is 2.19 bits per heavy atom. The van der Waals surface area contributed by atoms with Gasteiger partial charge in [-0.05, 0) is 38.1 Å². The molecule has 0 heterocycles. The van der Waals surface area contributed by atoms with Crippen LogP contribution >= 0.6 is 0 Å². The third-order valence-electron chi connectivity index (χ3n) is 6.44. The fourth-order valence-electron chi connectivity index (χ4n) is 4.71. The average Bonchev–Trinajstić information content (AvgIpc) is 2.67. The molecule has 0 aromatic carbocycles. The van der Waals surface area contributed by atoms with E-state index in [0.717, 1.165) is 17.9 Å². The second kappa shape index (κ2) is 11.8. The van der Waals surface area contributed by atoms with E-state index in [-0.39, 0.29) is 23.0 Å². The molecule has 0 bridgehead atoms. The summed E-state index contributed by atoms with van der Waals surface area (Å²) in [5, 5.41) is 0.189. The predicted octanol–water partition coefficient (Wildman–Crippen LogP) is 5.98. The van der Waals surface area contributed by atoms with Crippen LogP contribution in [0.1, 0.15) is 98.3 Å². The molecule has 3 nitrogen and oxygen atoms in total. The molecular weight excluding hydrogens is 368 g/mol. The SMILES string of the molecule is CC(C)O[Si]CC(C)C(=O)O[Si]C(C)(CC1CCCCC1)C1CCCCC1. The lowest BCUT2D eigenvalue weighted by Crippen LogP contribution is -2.35. The van der Waals surface area contributed by atoms with E-state index in [9.17, 15) is 4.79 Å². The second-order valence-corrected chi connectivity index (χ2v) is 11.9. The van der Waals surface area contributed by atoms with Crippen LogP contribution in [0.25, 0.3) is 0 Å². The maximum absolute atomic E-state index is 12.6. The van der Waals surface area contributed by atoms with Crippen LogP contribution in [0.2, 0.25) is 11.1 Å². The molecule has 2 saturated carbocycles. The fourth-order valence-corrected chi connectivity index (χ4v) is 6.92. The summed E-state index contributed by atoms with van der Waals surface area (Å²) in [5.74, 6) is 1.51. The van der Waals surface area contributed by atoms with Gasteiger partial charge in [-0.25, -0.2) is 0 Å². The Hall–Kier alpha value is -0.136. The molecule has 27 heavy (non-hydrogen) atoms. The Morgan fingerprint density at radius 1 is 1.00 bits per heavy atom. The monoisotopic (exact) mass is 408 g/mol. The maximum Gasteiger partial charge on any atom is 0.321 e. The summed E-state index contributed by atoms with van der Waals surface area (Å²) in [6.07, 6.45) is 15.2. The van der Waals surface area contributed by atoms with Gasteiger partial charge in [0, 0.05) is 11.1 Å². The lowest BCUT2D eigenvalue weighted by atomic mass is 9.73. The quantitative estimate of drug-likeness (QED) is 0.417. The highest BCUT2D eigenvalue weighted by molar-refractivity contribution is 6.35.